The van der Waals surface area contributed by atoms with Crippen molar-refractivity contribution in [2.24, 2.45) is 22.2 Å². The van der Waals surface area contributed by atoms with Crippen molar-refractivity contribution in [2.45, 2.75) is 51.4 Å². The van der Waals surface area contributed by atoms with E-state index in [2.05, 4.69) is 20.9 Å². The van der Waals surface area contributed by atoms with Crippen molar-refractivity contribution >= 4 is 17.8 Å². The van der Waals surface area contributed by atoms with E-state index in [1.165, 1.54) is 0 Å². The number of aliphatic imine (C=N–C) groups is 1. The van der Waals surface area contributed by atoms with Crippen LogP contribution in [0.1, 0.15) is 51.4 Å². The van der Waals surface area contributed by atoms with Gasteiger partial charge in [0.1, 0.15) is 0 Å². The highest BCUT2D eigenvalue weighted by Gasteiger charge is 2.04. The lowest BCUT2D eigenvalue weighted by Gasteiger charge is -2.07. The van der Waals surface area contributed by atoms with Gasteiger partial charge >= 0.3 is 0 Å². The molecule has 0 bridgehead atoms. The lowest BCUT2D eigenvalue weighted by Crippen LogP contribution is -2.37. The molecule has 2 amide bonds. The molecule has 0 aliphatic carbocycles. The molecule has 0 fully saturated rings. The highest BCUT2D eigenvalue weighted by Crippen LogP contribution is 2.03. The SMILES string of the molecule is NCCCNCCCCNC(=O)CNC(=O)CCCCCCN=C(N)N. The van der Waals surface area contributed by atoms with E-state index in [0.717, 1.165) is 58.0 Å². The van der Waals surface area contributed by atoms with Crippen molar-refractivity contribution in [3.63, 3.8) is 0 Å². The fourth-order valence-corrected chi connectivity index (χ4v) is 2.24. The molecule has 152 valence electrons. The Labute approximate surface area is 156 Å². The molecular formula is C17H37N7O2. The summed E-state index contributed by atoms with van der Waals surface area (Å²) in [5, 5.41) is 8.74. The van der Waals surface area contributed by atoms with Crippen molar-refractivity contribution in [1.29, 1.82) is 0 Å². The molecule has 0 radical (unpaired) electrons. The van der Waals surface area contributed by atoms with Crippen molar-refractivity contribution in [2.75, 3.05) is 39.3 Å². The van der Waals surface area contributed by atoms with Crippen LogP contribution in [0.2, 0.25) is 0 Å². The third kappa shape index (κ3) is 18.5. The first-order valence-electron chi connectivity index (χ1n) is 9.56. The Morgan fingerprint density at radius 1 is 0.769 bits per heavy atom. The van der Waals surface area contributed by atoms with Crippen LogP contribution in [0.3, 0.4) is 0 Å². The van der Waals surface area contributed by atoms with E-state index < -0.39 is 0 Å². The molecule has 0 heterocycles. The minimum Gasteiger partial charge on any atom is -0.370 e. The lowest BCUT2D eigenvalue weighted by molar-refractivity contribution is -0.126. The topological polar surface area (TPSA) is 161 Å². The van der Waals surface area contributed by atoms with Gasteiger partial charge in [-0.2, -0.15) is 0 Å². The molecule has 0 aliphatic rings. The maximum atomic E-state index is 11.7. The summed E-state index contributed by atoms with van der Waals surface area (Å²) < 4.78 is 0. The van der Waals surface area contributed by atoms with Gasteiger partial charge in [0.15, 0.2) is 5.96 Å². The fraction of sp³-hybridized carbons (Fsp3) is 0.824. The number of carbonyl (C=O) groups is 2. The Morgan fingerprint density at radius 2 is 1.46 bits per heavy atom. The van der Waals surface area contributed by atoms with E-state index in [1.807, 2.05) is 0 Å². The van der Waals surface area contributed by atoms with Gasteiger partial charge in [0, 0.05) is 19.5 Å². The number of hydrogen-bond donors (Lipinski definition) is 6. The molecule has 26 heavy (non-hydrogen) atoms. The van der Waals surface area contributed by atoms with Crippen LogP contribution in [0.4, 0.5) is 0 Å². The van der Waals surface area contributed by atoms with Gasteiger partial charge in [0.25, 0.3) is 0 Å². The Bertz CT molecular complexity index is 399. The number of amides is 2. The third-order valence-corrected chi connectivity index (χ3v) is 3.71. The van der Waals surface area contributed by atoms with Crippen LogP contribution in [0.15, 0.2) is 4.99 Å². The van der Waals surface area contributed by atoms with Gasteiger partial charge < -0.3 is 33.2 Å². The quantitative estimate of drug-likeness (QED) is 0.111. The van der Waals surface area contributed by atoms with Crippen molar-refractivity contribution in [1.82, 2.24) is 16.0 Å². The summed E-state index contributed by atoms with van der Waals surface area (Å²) in [5.41, 5.74) is 15.9. The number of guanidine groups is 1. The Balaban J connectivity index is 3.39. The number of hydrogen-bond acceptors (Lipinski definition) is 5. The Kier molecular flexibility index (Phi) is 16.6. The summed E-state index contributed by atoms with van der Waals surface area (Å²) in [4.78, 5) is 27.2. The lowest BCUT2D eigenvalue weighted by atomic mass is 10.1. The van der Waals surface area contributed by atoms with Crippen LogP contribution in [0.25, 0.3) is 0 Å². The Morgan fingerprint density at radius 3 is 2.19 bits per heavy atom. The fourth-order valence-electron chi connectivity index (χ4n) is 2.24. The molecule has 0 spiro atoms. The Hall–Kier alpha value is -1.87. The highest BCUT2D eigenvalue weighted by molar-refractivity contribution is 5.84. The summed E-state index contributed by atoms with van der Waals surface area (Å²) in [5.74, 6) is -0.123. The number of unbranched alkanes of at least 4 members (excludes halogenated alkanes) is 4. The van der Waals surface area contributed by atoms with E-state index >= 15 is 0 Å². The third-order valence-electron chi connectivity index (χ3n) is 3.71. The molecule has 0 atom stereocenters. The monoisotopic (exact) mass is 371 g/mol. The first-order valence-corrected chi connectivity index (χ1v) is 9.56. The van der Waals surface area contributed by atoms with Gasteiger partial charge in [-0.1, -0.05) is 12.8 Å². The maximum Gasteiger partial charge on any atom is 0.239 e. The van der Waals surface area contributed by atoms with Crippen LogP contribution < -0.4 is 33.2 Å². The van der Waals surface area contributed by atoms with E-state index in [-0.39, 0.29) is 24.3 Å². The second-order valence-electron chi connectivity index (χ2n) is 6.20. The predicted octanol–water partition coefficient (Wildman–Crippen LogP) is -0.839. The van der Waals surface area contributed by atoms with E-state index in [0.29, 0.717) is 26.1 Å². The first kappa shape index (κ1) is 24.1. The van der Waals surface area contributed by atoms with Gasteiger partial charge in [0.2, 0.25) is 11.8 Å². The van der Waals surface area contributed by atoms with Crippen molar-refractivity contribution in [3.05, 3.63) is 0 Å². The maximum absolute atomic E-state index is 11.7. The minimum atomic E-state index is -0.147. The largest absolute Gasteiger partial charge is 0.370 e. The number of nitrogens with two attached hydrogens (primary N) is 3. The molecule has 9 heteroatoms. The average Bonchev–Trinajstić information content (AvgIpc) is 2.61. The van der Waals surface area contributed by atoms with Gasteiger partial charge in [0.05, 0.1) is 6.54 Å². The van der Waals surface area contributed by atoms with Crippen LogP contribution in [-0.2, 0) is 9.59 Å². The molecule has 0 aromatic rings. The molecule has 0 saturated carbocycles. The zero-order valence-corrected chi connectivity index (χ0v) is 15.9. The highest BCUT2D eigenvalue weighted by atomic mass is 16.2. The van der Waals surface area contributed by atoms with Gasteiger partial charge in [-0.25, -0.2) is 0 Å². The molecule has 0 aliphatic heterocycles. The summed E-state index contributed by atoms with van der Waals surface area (Å²) in [6.45, 7) is 3.86. The summed E-state index contributed by atoms with van der Waals surface area (Å²) in [6, 6.07) is 0. The standard InChI is InChI=1S/C17H37N7O2/c18-9-7-11-21-10-5-6-12-22-16(26)14-24-15(25)8-3-1-2-4-13-23-17(19)20/h21H,1-14,18H2,(H,22,26)(H,24,25)(H4,19,20,23). The normalized spacial score (nSPS) is 10.3. The van der Waals surface area contributed by atoms with Crippen molar-refractivity contribution < 1.29 is 9.59 Å². The van der Waals surface area contributed by atoms with E-state index in [9.17, 15) is 9.59 Å². The molecule has 0 aromatic carbocycles. The second-order valence-corrected chi connectivity index (χ2v) is 6.20. The molecule has 0 rings (SSSR count). The van der Waals surface area contributed by atoms with Gasteiger partial charge in [-0.05, 0) is 51.7 Å². The number of rotatable bonds is 17. The van der Waals surface area contributed by atoms with E-state index in [1.54, 1.807) is 0 Å². The zero-order valence-electron chi connectivity index (χ0n) is 15.9. The first-order chi connectivity index (χ1) is 12.6. The predicted molar refractivity (Wildman–Crippen MR) is 106 cm³/mol. The van der Waals surface area contributed by atoms with E-state index in [4.69, 9.17) is 17.2 Å². The molecule has 9 N–H and O–H groups in total. The summed E-state index contributed by atoms with van der Waals surface area (Å²) in [6.07, 6.45) is 6.95. The van der Waals surface area contributed by atoms with Crippen LogP contribution in [0, 0.1) is 0 Å². The minimum absolute atomic E-state index is 0.0398. The van der Waals surface area contributed by atoms with Crippen LogP contribution in [0.5, 0.6) is 0 Å². The molecule has 0 unspecified atom stereocenters. The van der Waals surface area contributed by atoms with Gasteiger partial charge in [-0.3, -0.25) is 14.6 Å². The summed E-state index contributed by atoms with van der Waals surface area (Å²) in [7, 11) is 0. The molecular weight excluding hydrogens is 334 g/mol. The van der Waals surface area contributed by atoms with Crippen LogP contribution >= 0.6 is 0 Å². The smallest absolute Gasteiger partial charge is 0.239 e. The number of carbonyl (C=O) groups excluding carboxylic acids is 2. The second kappa shape index (κ2) is 17.9. The number of nitrogens with one attached hydrogen (secondary N) is 3. The summed E-state index contributed by atoms with van der Waals surface area (Å²) >= 11 is 0. The number of nitrogens with zero attached hydrogens (tertiary/aromatic N) is 1. The molecule has 0 aromatic heterocycles. The van der Waals surface area contributed by atoms with Crippen molar-refractivity contribution in [3.8, 4) is 0 Å². The van der Waals surface area contributed by atoms with Crippen LogP contribution in [-0.4, -0.2) is 57.0 Å². The molecule has 9 nitrogen and oxygen atoms in total. The van der Waals surface area contributed by atoms with Gasteiger partial charge in [-0.15, -0.1) is 0 Å². The molecule has 0 saturated heterocycles. The average molecular weight is 372 g/mol. The zero-order chi connectivity index (χ0) is 19.5.